The average Bonchev–Trinajstić information content (AvgIpc) is 3.41. The van der Waals surface area contributed by atoms with Crippen LogP contribution in [0.15, 0.2) is 279 Å². The second kappa shape index (κ2) is 22.3. The molecule has 0 atom stereocenters. The molecule has 0 saturated carbocycles. The van der Waals surface area contributed by atoms with E-state index < -0.39 is 32.3 Å². The highest BCUT2D eigenvalue weighted by atomic mass is 31.2. The summed E-state index contributed by atoms with van der Waals surface area (Å²) in [5.74, 6) is 0. The monoisotopic (exact) mass is 962 g/mol. The van der Waals surface area contributed by atoms with Crippen molar-refractivity contribution in [3.63, 3.8) is 0 Å². The first-order valence-electron chi connectivity index (χ1n) is 23.5. The van der Waals surface area contributed by atoms with Crippen molar-refractivity contribution in [1.29, 1.82) is 0 Å². The van der Waals surface area contributed by atoms with Crippen LogP contribution >= 0.6 is 32.3 Å². The number of anilines is 2. The molecular weight excluding hydrogens is 909 g/mol. The summed E-state index contributed by atoms with van der Waals surface area (Å²) in [5, 5.41) is 10.6. The van der Waals surface area contributed by atoms with Crippen LogP contribution in [0, 0.1) is 13.8 Å². The van der Waals surface area contributed by atoms with E-state index in [0.717, 1.165) is 6.42 Å². The van der Waals surface area contributed by atoms with Gasteiger partial charge in [0.2, 0.25) is 0 Å². The van der Waals surface area contributed by atoms with Crippen molar-refractivity contribution in [2.75, 3.05) is 8.88 Å². The summed E-state index contributed by atoms with van der Waals surface area (Å²) >= 11 is 0. The molecule has 0 aromatic heterocycles. The molecule has 336 valence electrons. The Bertz CT molecular complexity index is 2620. The van der Waals surface area contributed by atoms with E-state index in [-0.39, 0.29) is 0 Å². The number of benzene rings is 10. The van der Waals surface area contributed by atoms with Gasteiger partial charge in [-0.25, -0.2) is 0 Å². The van der Waals surface area contributed by atoms with Crippen LogP contribution in [0.4, 0.5) is 11.4 Å². The van der Waals surface area contributed by atoms with Crippen LogP contribution in [-0.2, 0) is 6.42 Å². The van der Waals surface area contributed by atoms with E-state index in [1.165, 1.54) is 76.1 Å². The van der Waals surface area contributed by atoms with E-state index in [1.54, 1.807) is 0 Å². The maximum Gasteiger partial charge on any atom is 0.0590 e. The number of hydrogen-bond acceptors (Lipinski definition) is 2. The minimum atomic E-state index is -0.984. The van der Waals surface area contributed by atoms with Gasteiger partial charge in [0.25, 0.3) is 0 Å². The fraction of sp³-hybridized carbons (Fsp3) is 0.0476. The molecule has 0 bridgehead atoms. The van der Waals surface area contributed by atoms with Crippen molar-refractivity contribution < 1.29 is 0 Å². The Kier molecular flexibility index (Phi) is 15.0. The molecule has 10 aromatic carbocycles. The lowest BCUT2D eigenvalue weighted by Crippen LogP contribution is -2.32. The van der Waals surface area contributed by atoms with Crippen molar-refractivity contribution in [1.82, 2.24) is 0 Å². The molecule has 10 rings (SSSR count). The maximum absolute atomic E-state index is 2.79. The highest BCUT2D eigenvalue weighted by Crippen LogP contribution is 2.59. The van der Waals surface area contributed by atoms with Crippen molar-refractivity contribution in [3.05, 3.63) is 301 Å². The number of rotatable bonds is 16. The van der Waals surface area contributed by atoms with Crippen molar-refractivity contribution in [3.8, 4) is 0 Å². The predicted molar refractivity (Wildman–Crippen MR) is 306 cm³/mol. The van der Waals surface area contributed by atoms with Gasteiger partial charge in [0.1, 0.15) is 0 Å². The Morgan fingerprint density at radius 3 is 0.609 bits per heavy atom. The lowest BCUT2D eigenvalue weighted by molar-refractivity contribution is 1.17. The molecular formula is C63H54N2P4. The average molecular weight is 963 g/mol. The van der Waals surface area contributed by atoms with Crippen LogP contribution in [0.2, 0.25) is 0 Å². The Labute approximate surface area is 414 Å². The van der Waals surface area contributed by atoms with Gasteiger partial charge in [-0.1, -0.05) is 267 Å². The minimum absolute atomic E-state index is 0.832. The van der Waals surface area contributed by atoms with Crippen LogP contribution in [-0.4, -0.2) is 0 Å². The second-order valence-corrected chi connectivity index (χ2v) is 25.8. The SMILES string of the molecule is Cc1cc(Cc2ccc(N(P(c3ccccc3)c3ccccc3)P(c3ccccc3)c3ccccc3)c(C)c2)ccc1N(P(c1ccccc1)c1ccccc1)P(c1ccccc1)c1ccccc1. The lowest BCUT2D eigenvalue weighted by atomic mass is 10.0. The molecule has 0 radical (unpaired) electrons. The highest BCUT2D eigenvalue weighted by molar-refractivity contribution is 7.91. The minimum Gasteiger partial charge on any atom is -0.313 e. The topological polar surface area (TPSA) is 6.48 Å². The van der Waals surface area contributed by atoms with E-state index in [1.807, 2.05) is 0 Å². The van der Waals surface area contributed by atoms with E-state index >= 15 is 0 Å². The van der Waals surface area contributed by atoms with Gasteiger partial charge in [-0.2, -0.15) is 0 Å². The number of aryl methyl sites for hydroxylation is 2. The summed E-state index contributed by atoms with van der Waals surface area (Å²) in [6.07, 6.45) is 0.832. The Morgan fingerprint density at radius 1 is 0.246 bits per heavy atom. The fourth-order valence-corrected chi connectivity index (χ4v) is 21.2. The van der Waals surface area contributed by atoms with Gasteiger partial charge in [0.15, 0.2) is 0 Å². The fourth-order valence-electron chi connectivity index (χ4n) is 8.97. The molecule has 0 fully saturated rings. The molecule has 0 heterocycles. The van der Waals surface area contributed by atoms with E-state index in [9.17, 15) is 0 Å². The third-order valence-electron chi connectivity index (χ3n) is 12.1. The van der Waals surface area contributed by atoms with Gasteiger partial charge in [0, 0.05) is 53.8 Å². The van der Waals surface area contributed by atoms with Crippen LogP contribution in [0.5, 0.6) is 0 Å². The Balaban J connectivity index is 1.07. The van der Waals surface area contributed by atoms with Gasteiger partial charge < -0.3 is 8.88 Å². The van der Waals surface area contributed by atoms with Gasteiger partial charge in [-0.15, -0.1) is 0 Å². The standard InChI is InChI=1S/C63H54N2P4/c1-50-47-52(43-45-62(50)64(66(54-27-11-3-12-28-54)55-29-13-4-14-30-55)67(56-31-15-5-16-32-56)57-33-17-6-18-34-57)49-53-44-46-63(51(2)48-53)65(68(58-35-19-7-20-36-58)59-37-21-8-22-38-59)69(60-39-23-9-24-40-60)61-41-25-10-26-42-61/h3-48H,49H2,1-2H3. The van der Waals surface area contributed by atoms with Gasteiger partial charge in [-0.3, -0.25) is 0 Å². The van der Waals surface area contributed by atoms with E-state index in [2.05, 4.69) is 302 Å². The molecule has 10 aromatic rings. The first-order chi connectivity index (χ1) is 34.1. The Morgan fingerprint density at radius 2 is 0.435 bits per heavy atom. The number of nitrogens with zero attached hydrogens (tertiary/aromatic N) is 2. The summed E-state index contributed by atoms with van der Waals surface area (Å²) in [7, 11) is -3.93. The molecule has 2 nitrogen and oxygen atoms in total. The zero-order chi connectivity index (χ0) is 46.8. The molecule has 0 aliphatic carbocycles. The van der Waals surface area contributed by atoms with Gasteiger partial charge >= 0.3 is 0 Å². The van der Waals surface area contributed by atoms with Crippen molar-refractivity contribution in [2.24, 2.45) is 0 Å². The van der Waals surface area contributed by atoms with Crippen LogP contribution in [0.25, 0.3) is 0 Å². The van der Waals surface area contributed by atoms with Crippen molar-refractivity contribution in [2.45, 2.75) is 20.3 Å². The molecule has 6 heteroatoms. The molecule has 0 amide bonds. The lowest BCUT2D eigenvalue weighted by Gasteiger charge is -2.41. The predicted octanol–water partition coefficient (Wildman–Crippen LogP) is 13.7. The molecule has 0 N–H and O–H groups in total. The normalized spacial score (nSPS) is 11.3. The molecule has 0 unspecified atom stereocenters. The number of hydrogen-bond donors (Lipinski definition) is 0. The van der Waals surface area contributed by atoms with Crippen LogP contribution in [0.1, 0.15) is 22.3 Å². The largest absolute Gasteiger partial charge is 0.313 e. The molecule has 0 aliphatic heterocycles. The first kappa shape index (κ1) is 46.3. The van der Waals surface area contributed by atoms with Crippen molar-refractivity contribution >= 4 is 86.1 Å². The molecule has 0 aliphatic rings. The quantitative estimate of drug-likeness (QED) is 0.0891. The first-order valence-corrected chi connectivity index (χ1v) is 28.7. The maximum atomic E-state index is 2.79. The summed E-state index contributed by atoms with van der Waals surface area (Å²) in [5.41, 5.74) is 7.70. The smallest absolute Gasteiger partial charge is 0.0590 e. The van der Waals surface area contributed by atoms with Crippen LogP contribution < -0.4 is 51.3 Å². The molecule has 0 saturated heterocycles. The van der Waals surface area contributed by atoms with Gasteiger partial charge in [0.05, 0.1) is 32.3 Å². The third kappa shape index (κ3) is 10.6. The molecule has 0 spiro atoms. The van der Waals surface area contributed by atoms with Gasteiger partial charge in [-0.05, 0) is 54.7 Å². The Hall–Kier alpha value is -6.48. The summed E-state index contributed by atoms with van der Waals surface area (Å²) < 4.78 is 5.59. The molecule has 69 heavy (non-hydrogen) atoms. The summed E-state index contributed by atoms with van der Waals surface area (Å²) in [6.45, 7) is 4.63. The third-order valence-corrected chi connectivity index (χ3v) is 22.9. The van der Waals surface area contributed by atoms with E-state index in [0.29, 0.717) is 0 Å². The van der Waals surface area contributed by atoms with Crippen LogP contribution in [0.3, 0.4) is 0 Å². The summed E-state index contributed by atoms with van der Waals surface area (Å²) in [4.78, 5) is 0. The van der Waals surface area contributed by atoms with E-state index in [4.69, 9.17) is 0 Å². The zero-order valence-electron chi connectivity index (χ0n) is 38.9. The highest BCUT2D eigenvalue weighted by Gasteiger charge is 2.35. The second-order valence-electron chi connectivity index (χ2n) is 16.9. The zero-order valence-corrected chi connectivity index (χ0v) is 42.5. The summed E-state index contributed by atoms with van der Waals surface area (Å²) in [6, 6.07) is 104.